The summed E-state index contributed by atoms with van der Waals surface area (Å²) in [7, 11) is 0. The second-order valence-corrected chi connectivity index (χ2v) is 6.96. The maximum Gasteiger partial charge on any atom is 0.191 e. The van der Waals surface area contributed by atoms with E-state index in [0.717, 1.165) is 50.9 Å². The van der Waals surface area contributed by atoms with Crippen molar-refractivity contribution < 1.29 is 0 Å². The first-order valence-electron chi connectivity index (χ1n) is 8.56. The van der Waals surface area contributed by atoms with Crippen LogP contribution in [0.15, 0.2) is 29.3 Å². The van der Waals surface area contributed by atoms with Gasteiger partial charge in [0.15, 0.2) is 5.96 Å². The van der Waals surface area contributed by atoms with Crippen LogP contribution in [0.4, 0.5) is 0 Å². The minimum Gasteiger partial charge on any atom is -0.357 e. The van der Waals surface area contributed by atoms with Gasteiger partial charge >= 0.3 is 0 Å². The number of benzene rings is 1. The minimum absolute atomic E-state index is 0. The zero-order chi connectivity index (χ0) is 16.5. The van der Waals surface area contributed by atoms with Gasteiger partial charge in [0.05, 0.1) is 6.54 Å². The normalized spacial score (nSPS) is 16.0. The van der Waals surface area contributed by atoms with Gasteiger partial charge in [-0.05, 0) is 37.7 Å². The van der Waals surface area contributed by atoms with E-state index in [1.165, 1.54) is 11.1 Å². The number of rotatable bonds is 7. The third kappa shape index (κ3) is 6.80. The van der Waals surface area contributed by atoms with Crippen molar-refractivity contribution in [3.8, 4) is 0 Å². The van der Waals surface area contributed by atoms with Gasteiger partial charge in [-0.3, -0.25) is 9.89 Å². The predicted molar refractivity (Wildman–Crippen MR) is 118 cm³/mol. The maximum absolute atomic E-state index is 4.76. The minimum atomic E-state index is 0. The zero-order valence-corrected chi connectivity index (χ0v) is 18.2. The Kier molecular flexibility index (Phi) is 10.8. The van der Waals surface area contributed by atoms with Crippen molar-refractivity contribution in [2.75, 3.05) is 38.2 Å². The molecule has 0 spiro atoms. The van der Waals surface area contributed by atoms with Crippen molar-refractivity contribution >= 4 is 41.7 Å². The molecule has 0 aliphatic carbocycles. The van der Waals surface area contributed by atoms with E-state index in [1.54, 1.807) is 0 Å². The lowest BCUT2D eigenvalue weighted by Gasteiger charge is -2.33. The van der Waals surface area contributed by atoms with Gasteiger partial charge in [-0.25, -0.2) is 0 Å². The van der Waals surface area contributed by atoms with Crippen LogP contribution in [0.25, 0.3) is 0 Å². The molecule has 1 aliphatic heterocycles. The van der Waals surface area contributed by atoms with Crippen molar-refractivity contribution in [1.29, 1.82) is 0 Å². The summed E-state index contributed by atoms with van der Waals surface area (Å²) in [6, 6.07) is 9.26. The molecule has 2 N–H and O–H groups in total. The molecule has 0 bridgehead atoms. The Bertz CT molecular complexity index is 510. The van der Waals surface area contributed by atoms with Crippen molar-refractivity contribution in [2.45, 2.75) is 32.9 Å². The summed E-state index contributed by atoms with van der Waals surface area (Å²) in [6.07, 6.45) is 3.28. The zero-order valence-electron chi connectivity index (χ0n) is 15.0. The average molecular weight is 462 g/mol. The smallest absolute Gasteiger partial charge is 0.191 e. The molecular weight excluding hydrogens is 431 g/mol. The molecule has 0 aromatic heterocycles. The summed E-state index contributed by atoms with van der Waals surface area (Å²) >= 11 is 1.85. The molecule has 0 saturated heterocycles. The van der Waals surface area contributed by atoms with E-state index in [2.05, 4.69) is 59.9 Å². The van der Waals surface area contributed by atoms with Crippen LogP contribution in [0.1, 0.15) is 25.0 Å². The van der Waals surface area contributed by atoms with Crippen molar-refractivity contribution in [3.63, 3.8) is 0 Å². The molecule has 1 aromatic rings. The van der Waals surface area contributed by atoms with Gasteiger partial charge in [-0.1, -0.05) is 24.3 Å². The van der Waals surface area contributed by atoms with Crippen LogP contribution in [0, 0.1) is 0 Å². The van der Waals surface area contributed by atoms with Crippen LogP contribution in [0.5, 0.6) is 0 Å². The Morgan fingerprint density at radius 3 is 2.75 bits per heavy atom. The second-order valence-electron chi connectivity index (χ2n) is 5.98. The summed E-state index contributed by atoms with van der Waals surface area (Å²) in [5, 5.41) is 6.72. The number of hydrogen-bond donors (Lipinski definition) is 2. The van der Waals surface area contributed by atoms with Gasteiger partial charge in [0, 0.05) is 38.0 Å². The molecule has 136 valence electrons. The van der Waals surface area contributed by atoms with Crippen molar-refractivity contribution in [3.05, 3.63) is 35.4 Å². The Morgan fingerprint density at radius 1 is 1.29 bits per heavy atom. The third-order valence-electron chi connectivity index (χ3n) is 4.24. The van der Waals surface area contributed by atoms with Crippen LogP contribution in [0.2, 0.25) is 0 Å². The molecule has 4 nitrogen and oxygen atoms in total. The molecule has 0 saturated carbocycles. The first kappa shape index (κ1) is 21.6. The third-order valence-corrected chi connectivity index (χ3v) is 4.85. The van der Waals surface area contributed by atoms with Gasteiger partial charge in [-0.15, -0.1) is 24.0 Å². The van der Waals surface area contributed by atoms with Crippen LogP contribution >= 0.6 is 35.7 Å². The Labute approximate surface area is 168 Å². The molecule has 6 heteroatoms. The van der Waals surface area contributed by atoms with Crippen LogP contribution in [0.3, 0.4) is 0 Å². The fraction of sp³-hybridized carbons (Fsp3) is 0.611. The molecule has 1 aromatic carbocycles. The topological polar surface area (TPSA) is 39.7 Å². The molecule has 0 amide bonds. The second kappa shape index (κ2) is 12.0. The molecule has 0 radical (unpaired) electrons. The van der Waals surface area contributed by atoms with E-state index in [-0.39, 0.29) is 24.0 Å². The molecule has 1 aliphatic rings. The summed E-state index contributed by atoms with van der Waals surface area (Å²) in [5.41, 5.74) is 2.98. The largest absolute Gasteiger partial charge is 0.357 e. The highest BCUT2D eigenvalue weighted by Gasteiger charge is 2.20. The molecule has 1 atom stereocenters. The highest BCUT2D eigenvalue weighted by molar-refractivity contribution is 14.0. The first-order chi connectivity index (χ1) is 11.2. The number of nitrogens with one attached hydrogen (secondary N) is 2. The van der Waals surface area contributed by atoms with Crippen LogP contribution < -0.4 is 10.6 Å². The van der Waals surface area contributed by atoms with Crippen LogP contribution in [-0.2, 0) is 13.0 Å². The van der Waals surface area contributed by atoms with Gasteiger partial charge in [0.25, 0.3) is 0 Å². The predicted octanol–water partition coefficient (Wildman–Crippen LogP) is 2.97. The maximum atomic E-state index is 4.76. The van der Waals surface area contributed by atoms with E-state index in [1.807, 2.05) is 11.8 Å². The van der Waals surface area contributed by atoms with Gasteiger partial charge in [0.2, 0.25) is 0 Å². The summed E-state index contributed by atoms with van der Waals surface area (Å²) in [4.78, 5) is 7.30. The molecule has 1 unspecified atom stereocenters. The Morgan fingerprint density at radius 2 is 2.04 bits per heavy atom. The lowest BCUT2D eigenvalue weighted by atomic mass is 9.99. The van der Waals surface area contributed by atoms with Gasteiger partial charge < -0.3 is 10.6 Å². The van der Waals surface area contributed by atoms with Crippen LogP contribution in [-0.4, -0.2) is 55.1 Å². The fourth-order valence-corrected chi connectivity index (χ4v) is 3.15. The summed E-state index contributed by atoms with van der Waals surface area (Å²) in [5.74, 6) is 2.04. The number of hydrogen-bond acceptors (Lipinski definition) is 3. The van der Waals surface area contributed by atoms with E-state index in [9.17, 15) is 0 Å². The van der Waals surface area contributed by atoms with E-state index in [0.29, 0.717) is 6.04 Å². The van der Waals surface area contributed by atoms with Crippen molar-refractivity contribution in [1.82, 2.24) is 15.5 Å². The van der Waals surface area contributed by atoms with E-state index in [4.69, 9.17) is 4.99 Å². The highest BCUT2D eigenvalue weighted by Crippen LogP contribution is 2.20. The number of nitrogens with zero attached hydrogens (tertiary/aromatic N) is 2. The molecular formula is C18H31IN4S. The lowest BCUT2D eigenvalue weighted by Crippen LogP contribution is -2.42. The quantitative estimate of drug-likeness (QED) is 0.283. The molecule has 24 heavy (non-hydrogen) atoms. The molecule has 1 heterocycles. The lowest BCUT2D eigenvalue weighted by molar-refractivity contribution is 0.195. The Balaban J connectivity index is 0.00000288. The first-order valence-corrected chi connectivity index (χ1v) is 9.96. The van der Waals surface area contributed by atoms with E-state index >= 15 is 0 Å². The van der Waals surface area contributed by atoms with E-state index < -0.39 is 0 Å². The molecule has 2 rings (SSSR count). The monoisotopic (exact) mass is 462 g/mol. The van der Waals surface area contributed by atoms with Crippen molar-refractivity contribution in [2.24, 2.45) is 4.99 Å². The summed E-state index contributed by atoms with van der Waals surface area (Å²) in [6.45, 7) is 9.25. The highest BCUT2D eigenvalue weighted by atomic mass is 127. The summed E-state index contributed by atoms with van der Waals surface area (Å²) < 4.78 is 0. The number of fused-ring (bicyclic) bond motifs is 1. The Hall–Kier alpha value is -0.470. The fourth-order valence-electron chi connectivity index (χ4n) is 2.85. The number of aliphatic imine (C=N–C) groups is 1. The standard InChI is InChI=1S/C18H30N4S.HI/c1-4-19-18(20-10-12-23-3)21-13-15(2)22-11-9-16-7-5-6-8-17(16)14-22;/h5-8,15H,4,9-14H2,1-3H3,(H2,19,20,21);1H. The van der Waals surface area contributed by atoms with Gasteiger partial charge in [0.1, 0.15) is 0 Å². The number of thioether (sulfide) groups is 1. The SMILES string of the molecule is CCNC(=NCC(C)N1CCc2ccccc2C1)NCCSC.I. The van der Waals surface area contributed by atoms with Gasteiger partial charge in [-0.2, -0.15) is 11.8 Å². The number of halogens is 1. The number of guanidine groups is 1. The molecule has 0 fully saturated rings. The average Bonchev–Trinajstić information content (AvgIpc) is 2.59.